The molecule has 0 aliphatic carbocycles. The van der Waals surface area contributed by atoms with Crippen molar-refractivity contribution in [1.82, 2.24) is 4.90 Å². The van der Waals surface area contributed by atoms with E-state index in [0.29, 0.717) is 23.5 Å². The summed E-state index contributed by atoms with van der Waals surface area (Å²) in [6.45, 7) is 10.0. The molecular formula is C16H17N3O. The van der Waals surface area contributed by atoms with Crippen molar-refractivity contribution in [2.45, 2.75) is 25.8 Å². The van der Waals surface area contributed by atoms with Crippen molar-refractivity contribution in [2.75, 3.05) is 0 Å². The van der Waals surface area contributed by atoms with Gasteiger partial charge in [0.15, 0.2) is 0 Å². The molecule has 1 atom stereocenters. The SMILES string of the molecule is C=C1N=C(N)CCC1N1C(=C)c2c(C)cccc2C1=O. The molecule has 2 heterocycles. The summed E-state index contributed by atoms with van der Waals surface area (Å²) in [4.78, 5) is 18.6. The Labute approximate surface area is 118 Å². The van der Waals surface area contributed by atoms with Crippen LogP contribution in [0.25, 0.3) is 5.70 Å². The Bertz CT molecular complexity index is 672. The van der Waals surface area contributed by atoms with Crippen LogP contribution < -0.4 is 5.73 Å². The summed E-state index contributed by atoms with van der Waals surface area (Å²) < 4.78 is 0. The van der Waals surface area contributed by atoms with E-state index in [0.717, 1.165) is 23.2 Å². The summed E-state index contributed by atoms with van der Waals surface area (Å²) in [5, 5.41) is 0. The van der Waals surface area contributed by atoms with Gasteiger partial charge in [0.25, 0.3) is 5.91 Å². The molecule has 0 saturated carbocycles. The van der Waals surface area contributed by atoms with E-state index < -0.39 is 0 Å². The normalized spacial score (nSPS) is 22.1. The zero-order chi connectivity index (χ0) is 14.4. The number of aliphatic imine (C=N–C) groups is 1. The highest BCUT2D eigenvalue weighted by Crippen LogP contribution is 2.38. The second kappa shape index (κ2) is 4.34. The Hall–Kier alpha value is -2.36. The minimum absolute atomic E-state index is 0.0180. The van der Waals surface area contributed by atoms with Crippen molar-refractivity contribution < 1.29 is 4.79 Å². The predicted molar refractivity (Wildman–Crippen MR) is 80.2 cm³/mol. The molecule has 102 valence electrons. The van der Waals surface area contributed by atoms with Crippen molar-refractivity contribution in [3.63, 3.8) is 0 Å². The second-order valence-electron chi connectivity index (χ2n) is 5.27. The Morgan fingerprint density at radius 2 is 2.15 bits per heavy atom. The number of aryl methyl sites for hydroxylation is 1. The fourth-order valence-electron chi connectivity index (χ4n) is 2.98. The van der Waals surface area contributed by atoms with Gasteiger partial charge in [-0.1, -0.05) is 25.3 Å². The van der Waals surface area contributed by atoms with Gasteiger partial charge in [-0.05, 0) is 25.0 Å². The predicted octanol–water partition coefficient (Wildman–Crippen LogP) is 2.45. The molecule has 0 radical (unpaired) electrons. The molecule has 1 amide bonds. The Balaban J connectivity index is 2.03. The van der Waals surface area contributed by atoms with Crippen LogP contribution in [0.5, 0.6) is 0 Å². The van der Waals surface area contributed by atoms with E-state index in [2.05, 4.69) is 18.2 Å². The number of hydrogen-bond acceptors (Lipinski definition) is 3. The largest absolute Gasteiger partial charge is 0.387 e. The molecule has 20 heavy (non-hydrogen) atoms. The molecule has 2 N–H and O–H groups in total. The molecule has 0 saturated heterocycles. The van der Waals surface area contributed by atoms with Gasteiger partial charge in [-0.2, -0.15) is 0 Å². The summed E-state index contributed by atoms with van der Waals surface area (Å²) in [5.74, 6) is 0.563. The number of amidine groups is 1. The highest BCUT2D eigenvalue weighted by Gasteiger charge is 2.38. The summed E-state index contributed by atoms with van der Waals surface area (Å²) >= 11 is 0. The van der Waals surface area contributed by atoms with Gasteiger partial charge < -0.3 is 5.73 Å². The molecule has 0 bridgehead atoms. The maximum absolute atomic E-state index is 12.6. The zero-order valence-electron chi connectivity index (χ0n) is 11.5. The Kier molecular flexibility index (Phi) is 2.74. The van der Waals surface area contributed by atoms with Crippen LogP contribution in [0.1, 0.15) is 34.3 Å². The number of nitrogens with zero attached hydrogens (tertiary/aromatic N) is 2. The summed E-state index contributed by atoms with van der Waals surface area (Å²) in [5.41, 5.74) is 9.81. The van der Waals surface area contributed by atoms with E-state index in [1.807, 2.05) is 25.1 Å². The zero-order valence-corrected chi connectivity index (χ0v) is 11.5. The highest BCUT2D eigenvalue weighted by atomic mass is 16.2. The maximum atomic E-state index is 12.6. The fourth-order valence-corrected chi connectivity index (χ4v) is 2.98. The lowest BCUT2D eigenvalue weighted by Crippen LogP contribution is -2.39. The van der Waals surface area contributed by atoms with E-state index in [1.54, 1.807) is 4.90 Å². The minimum Gasteiger partial charge on any atom is -0.387 e. The Morgan fingerprint density at radius 3 is 2.80 bits per heavy atom. The molecule has 2 aliphatic rings. The van der Waals surface area contributed by atoms with Crippen molar-refractivity contribution >= 4 is 17.4 Å². The van der Waals surface area contributed by atoms with Crippen molar-refractivity contribution in [3.05, 3.63) is 53.7 Å². The lowest BCUT2D eigenvalue weighted by atomic mass is 10.0. The first-order valence-electron chi connectivity index (χ1n) is 6.65. The quantitative estimate of drug-likeness (QED) is 0.849. The molecular weight excluding hydrogens is 250 g/mol. The molecule has 1 unspecified atom stereocenters. The molecule has 0 spiro atoms. The maximum Gasteiger partial charge on any atom is 0.259 e. The number of rotatable bonds is 1. The van der Waals surface area contributed by atoms with Crippen LogP contribution in [0.2, 0.25) is 0 Å². The third-order valence-corrected chi connectivity index (χ3v) is 3.96. The summed E-state index contributed by atoms with van der Waals surface area (Å²) in [7, 11) is 0. The van der Waals surface area contributed by atoms with Crippen molar-refractivity contribution in [3.8, 4) is 0 Å². The van der Waals surface area contributed by atoms with Crippen molar-refractivity contribution in [2.24, 2.45) is 10.7 Å². The fraction of sp³-hybridized carbons (Fsp3) is 0.250. The molecule has 0 aromatic heterocycles. The average Bonchev–Trinajstić information content (AvgIpc) is 2.64. The summed E-state index contributed by atoms with van der Waals surface area (Å²) in [6, 6.07) is 5.59. The van der Waals surface area contributed by atoms with Gasteiger partial charge >= 0.3 is 0 Å². The van der Waals surface area contributed by atoms with Gasteiger partial charge in [-0.15, -0.1) is 0 Å². The van der Waals surface area contributed by atoms with E-state index >= 15 is 0 Å². The van der Waals surface area contributed by atoms with Gasteiger partial charge in [0.2, 0.25) is 0 Å². The topological polar surface area (TPSA) is 58.7 Å². The Morgan fingerprint density at radius 1 is 1.40 bits per heavy atom. The van der Waals surface area contributed by atoms with Crippen LogP contribution in [0, 0.1) is 6.92 Å². The lowest BCUT2D eigenvalue weighted by Gasteiger charge is -2.31. The van der Waals surface area contributed by atoms with Crippen LogP contribution in [0.15, 0.2) is 42.0 Å². The standard InChI is InChI=1S/C16H17N3O/c1-9-5-4-6-12-15(9)11(3)19(16(12)20)13-7-8-14(17)18-10(13)2/h4-6,13H,2-3,7-8H2,1H3,(H2,17,18). The first kappa shape index (κ1) is 12.7. The van der Waals surface area contributed by atoms with Gasteiger partial charge in [0, 0.05) is 23.2 Å². The van der Waals surface area contributed by atoms with Crippen LogP contribution in [0.3, 0.4) is 0 Å². The van der Waals surface area contributed by atoms with Gasteiger partial charge in [0.05, 0.1) is 17.6 Å². The number of hydrogen-bond donors (Lipinski definition) is 1. The van der Waals surface area contributed by atoms with Crippen LogP contribution in [-0.2, 0) is 0 Å². The van der Waals surface area contributed by atoms with E-state index in [9.17, 15) is 4.79 Å². The number of fused-ring (bicyclic) bond motifs is 1. The molecule has 3 rings (SSSR count). The molecule has 0 fully saturated rings. The third kappa shape index (κ3) is 1.68. The average molecular weight is 267 g/mol. The number of carbonyl (C=O) groups excluding carboxylic acids is 1. The second-order valence-corrected chi connectivity index (χ2v) is 5.27. The number of carbonyl (C=O) groups is 1. The van der Waals surface area contributed by atoms with Gasteiger partial charge in [-0.25, -0.2) is 4.99 Å². The molecule has 4 nitrogen and oxygen atoms in total. The number of amides is 1. The van der Waals surface area contributed by atoms with E-state index in [1.165, 1.54) is 0 Å². The smallest absolute Gasteiger partial charge is 0.259 e. The van der Waals surface area contributed by atoms with Gasteiger partial charge in [0.1, 0.15) is 0 Å². The molecule has 1 aromatic carbocycles. The number of benzene rings is 1. The molecule has 1 aromatic rings. The van der Waals surface area contributed by atoms with Crippen LogP contribution in [0.4, 0.5) is 0 Å². The molecule has 4 heteroatoms. The van der Waals surface area contributed by atoms with E-state index in [4.69, 9.17) is 5.73 Å². The lowest BCUT2D eigenvalue weighted by molar-refractivity contribution is 0.0815. The highest BCUT2D eigenvalue weighted by molar-refractivity contribution is 6.10. The van der Waals surface area contributed by atoms with Gasteiger partial charge in [-0.3, -0.25) is 9.69 Å². The first-order chi connectivity index (χ1) is 9.50. The first-order valence-corrected chi connectivity index (χ1v) is 6.65. The minimum atomic E-state index is -0.144. The molecule has 2 aliphatic heterocycles. The third-order valence-electron chi connectivity index (χ3n) is 3.96. The van der Waals surface area contributed by atoms with Crippen LogP contribution in [-0.4, -0.2) is 22.7 Å². The monoisotopic (exact) mass is 267 g/mol. The number of nitrogens with two attached hydrogens (primary N) is 1. The van der Waals surface area contributed by atoms with Crippen molar-refractivity contribution in [1.29, 1.82) is 0 Å². The van der Waals surface area contributed by atoms with Crippen LogP contribution >= 0.6 is 0 Å². The van der Waals surface area contributed by atoms with E-state index in [-0.39, 0.29) is 11.9 Å². The summed E-state index contributed by atoms with van der Waals surface area (Å²) in [6.07, 6.45) is 1.42.